The molecule has 1 amide bonds. The molecule has 1 aromatic rings. The zero-order chi connectivity index (χ0) is 15.6. The standard InChI is InChI=1S/C19H26N2O2/c22-18-9-4-10-21(18)17-14-20(12-15-6-2-1-3-7-15)13-16-8-5-11-23-19(16)17/h1-3,6-7,16-17,19H,4-5,8-14H2/t16-,17+,19-/m0/s1. The SMILES string of the molecule is O=C1CCCN1[C@@H]1CN(Cc2ccccc2)C[C@@H]2CCCO[C@@H]21. The van der Waals surface area contributed by atoms with Crippen LogP contribution in [0.3, 0.4) is 0 Å². The molecule has 0 radical (unpaired) electrons. The van der Waals surface area contributed by atoms with Crippen molar-refractivity contribution in [3.8, 4) is 0 Å². The minimum absolute atomic E-state index is 0.243. The lowest BCUT2D eigenvalue weighted by molar-refractivity contribution is -0.145. The number of amides is 1. The first-order valence-corrected chi connectivity index (χ1v) is 8.98. The Hall–Kier alpha value is -1.39. The van der Waals surface area contributed by atoms with Crippen molar-refractivity contribution in [3.63, 3.8) is 0 Å². The summed E-state index contributed by atoms with van der Waals surface area (Å²) in [5.74, 6) is 0.893. The van der Waals surface area contributed by atoms with E-state index in [-0.39, 0.29) is 12.1 Å². The number of piperidine rings is 1. The van der Waals surface area contributed by atoms with Crippen molar-refractivity contribution in [1.82, 2.24) is 9.80 Å². The van der Waals surface area contributed by atoms with Crippen LogP contribution >= 0.6 is 0 Å². The summed E-state index contributed by atoms with van der Waals surface area (Å²) in [6.07, 6.45) is 4.35. The van der Waals surface area contributed by atoms with Gasteiger partial charge in [-0.25, -0.2) is 0 Å². The monoisotopic (exact) mass is 314 g/mol. The number of fused-ring (bicyclic) bond motifs is 1. The van der Waals surface area contributed by atoms with Crippen LogP contribution in [0.5, 0.6) is 0 Å². The molecule has 0 saturated carbocycles. The molecule has 3 aliphatic rings. The number of hydrogen-bond donors (Lipinski definition) is 0. The lowest BCUT2D eigenvalue weighted by Gasteiger charge is -2.48. The van der Waals surface area contributed by atoms with Crippen LogP contribution in [0.25, 0.3) is 0 Å². The first-order chi connectivity index (χ1) is 11.3. The number of likely N-dealkylation sites (tertiary alicyclic amines) is 2. The van der Waals surface area contributed by atoms with Gasteiger partial charge in [0.05, 0.1) is 12.1 Å². The van der Waals surface area contributed by atoms with Gasteiger partial charge < -0.3 is 9.64 Å². The zero-order valence-corrected chi connectivity index (χ0v) is 13.7. The fourth-order valence-corrected chi connectivity index (χ4v) is 4.53. The quantitative estimate of drug-likeness (QED) is 0.858. The van der Waals surface area contributed by atoms with E-state index >= 15 is 0 Å². The second-order valence-corrected chi connectivity index (χ2v) is 7.18. The molecule has 4 heteroatoms. The van der Waals surface area contributed by atoms with Crippen molar-refractivity contribution in [2.45, 2.75) is 44.4 Å². The van der Waals surface area contributed by atoms with Crippen molar-refractivity contribution >= 4 is 5.91 Å². The maximum Gasteiger partial charge on any atom is 0.223 e. The van der Waals surface area contributed by atoms with E-state index in [4.69, 9.17) is 4.74 Å². The molecular formula is C19H26N2O2. The largest absolute Gasteiger partial charge is 0.376 e. The molecule has 4 rings (SSSR count). The Kier molecular flexibility index (Phi) is 4.36. The molecular weight excluding hydrogens is 288 g/mol. The highest BCUT2D eigenvalue weighted by molar-refractivity contribution is 5.78. The molecule has 124 valence electrons. The van der Waals surface area contributed by atoms with Gasteiger partial charge in [-0.2, -0.15) is 0 Å². The molecule has 3 fully saturated rings. The summed E-state index contributed by atoms with van der Waals surface area (Å²) in [6.45, 7) is 4.79. The van der Waals surface area contributed by atoms with E-state index < -0.39 is 0 Å². The van der Waals surface area contributed by atoms with E-state index in [0.717, 1.165) is 45.6 Å². The Labute approximate surface area is 138 Å². The van der Waals surface area contributed by atoms with E-state index in [1.807, 2.05) is 0 Å². The van der Waals surface area contributed by atoms with Gasteiger partial charge >= 0.3 is 0 Å². The summed E-state index contributed by atoms with van der Waals surface area (Å²) in [5, 5.41) is 0. The Morgan fingerprint density at radius 2 is 2.00 bits per heavy atom. The number of carbonyl (C=O) groups excluding carboxylic acids is 1. The van der Waals surface area contributed by atoms with Crippen LogP contribution in [0.15, 0.2) is 30.3 Å². The van der Waals surface area contributed by atoms with Crippen LogP contribution in [0.2, 0.25) is 0 Å². The van der Waals surface area contributed by atoms with Crippen LogP contribution in [0, 0.1) is 5.92 Å². The van der Waals surface area contributed by atoms with Gasteiger partial charge in [0.1, 0.15) is 0 Å². The number of benzene rings is 1. The molecule has 0 bridgehead atoms. The average molecular weight is 314 g/mol. The van der Waals surface area contributed by atoms with Crippen LogP contribution in [-0.2, 0) is 16.1 Å². The van der Waals surface area contributed by atoms with Crippen molar-refractivity contribution in [3.05, 3.63) is 35.9 Å². The first-order valence-electron chi connectivity index (χ1n) is 8.98. The molecule has 3 heterocycles. The molecule has 3 aliphatic heterocycles. The summed E-state index contributed by atoms with van der Waals surface area (Å²) in [5.41, 5.74) is 1.36. The fourth-order valence-electron chi connectivity index (χ4n) is 4.53. The van der Waals surface area contributed by atoms with Crippen LogP contribution < -0.4 is 0 Å². The summed E-state index contributed by atoms with van der Waals surface area (Å²) < 4.78 is 6.13. The van der Waals surface area contributed by atoms with Crippen molar-refractivity contribution in [1.29, 1.82) is 0 Å². The fraction of sp³-hybridized carbons (Fsp3) is 0.632. The summed E-state index contributed by atoms with van der Waals surface area (Å²) in [4.78, 5) is 16.9. The van der Waals surface area contributed by atoms with Crippen molar-refractivity contribution in [2.24, 2.45) is 5.92 Å². The Morgan fingerprint density at radius 1 is 1.13 bits per heavy atom. The van der Waals surface area contributed by atoms with E-state index in [2.05, 4.69) is 40.1 Å². The van der Waals surface area contributed by atoms with Gasteiger partial charge in [0.2, 0.25) is 5.91 Å². The minimum Gasteiger partial charge on any atom is -0.376 e. The van der Waals surface area contributed by atoms with E-state index in [0.29, 0.717) is 18.2 Å². The Morgan fingerprint density at radius 3 is 2.78 bits per heavy atom. The van der Waals surface area contributed by atoms with E-state index in [9.17, 15) is 4.79 Å². The molecule has 0 spiro atoms. The van der Waals surface area contributed by atoms with Crippen LogP contribution in [0.4, 0.5) is 0 Å². The molecule has 1 aromatic carbocycles. The number of ether oxygens (including phenoxy) is 1. The second-order valence-electron chi connectivity index (χ2n) is 7.18. The van der Waals surface area contributed by atoms with Gasteiger partial charge in [0.15, 0.2) is 0 Å². The van der Waals surface area contributed by atoms with Crippen molar-refractivity contribution in [2.75, 3.05) is 26.2 Å². The van der Waals surface area contributed by atoms with E-state index in [1.54, 1.807) is 0 Å². The number of carbonyl (C=O) groups is 1. The molecule has 3 saturated heterocycles. The molecule has 0 aromatic heterocycles. The van der Waals surface area contributed by atoms with Crippen LogP contribution in [-0.4, -0.2) is 54.1 Å². The Bertz CT molecular complexity index is 548. The van der Waals surface area contributed by atoms with E-state index in [1.165, 1.54) is 12.0 Å². The van der Waals surface area contributed by atoms with Gasteiger partial charge in [0, 0.05) is 39.2 Å². The lowest BCUT2D eigenvalue weighted by Crippen LogP contribution is -2.61. The van der Waals surface area contributed by atoms with Gasteiger partial charge in [-0.05, 0) is 30.7 Å². The third kappa shape index (κ3) is 3.15. The third-order valence-electron chi connectivity index (χ3n) is 5.57. The maximum atomic E-state index is 12.3. The highest BCUT2D eigenvalue weighted by atomic mass is 16.5. The first kappa shape index (κ1) is 15.2. The van der Waals surface area contributed by atoms with Gasteiger partial charge in [-0.1, -0.05) is 30.3 Å². The van der Waals surface area contributed by atoms with Gasteiger partial charge in [-0.15, -0.1) is 0 Å². The molecule has 0 unspecified atom stereocenters. The number of nitrogens with zero attached hydrogens (tertiary/aromatic N) is 2. The normalized spacial score (nSPS) is 32.1. The molecule has 0 aliphatic carbocycles. The molecule has 23 heavy (non-hydrogen) atoms. The third-order valence-corrected chi connectivity index (χ3v) is 5.57. The van der Waals surface area contributed by atoms with Gasteiger partial charge in [-0.3, -0.25) is 9.69 Å². The predicted molar refractivity (Wildman–Crippen MR) is 88.9 cm³/mol. The molecule has 3 atom stereocenters. The second kappa shape index (κ2) is 6.62. The zero-order valence-electron chi connectivity index (χ0n) is 13.7. The smallest absolute Gasteiger partial charge is 0.223 e. The molecule has 0 N–H and O–H groups in total. The Balaban J connectivity index is 1.52. The number of hydrogen-bond acceptors (Lipinski definition) is 3. The van der Waals surface area contributed by atoms with Crippen molar-refractivity contribution < 1.29 is 9.53 Å². The highest BCUT2D eigenvalue weighted by Crippen LogP contribution is 2.33. The number of rotatable bonds is 3. The topological polar surface area (TPSA) is 32.8 Å². The van der Waals surface area contributed by atoms with Gasteiger partial charge in [0.25, 0.3) is 0 Å². The maximum absolute atomic E-state index is 12.3. The predicted octanol–water partition coefficient (Wildman–Crippen LogP) is 2.29. The lowest BCUT2D eigenvalue weighted by atomic mass is 9.84. The summed E-state index contributed by atoms with van der Waals surface area (Å²) in [7, 11) is 0. The summed E-state index contributed by atoms with van der Waals surface area (Å²) >= 11 is 0. The average Bonchev–Trinajstić information content (AvgIpc) is 3.01. The van der Waals surface area contributed by atoms with Crippen LogP contribution in [0.1, 0.15) is 31.2 Å². The highest BCUT2D eigenvalue weighted by Gasteiger charge is 2.44. The summed E-state index contributed by atoms with van der Waals surface area (Å²) in [6, 6.07) is 10.9. The molecule has 4 nitrogen and oxygen atoms in total. The minimum atomic E-state index is 0.243.